The van der Waals surface area contributed by atoms with Crippen LogP contribution in [0.4, 0.5) is 11.4 Å². The normalized spacial score (nSPS) is 13.4. The van der Waals surface area contributed by atoms with E-state index in [0.717, 1.165) is 85.7 Å². The van der Waals surface area contributed by atoms with Gasteiger partial charge in [-0.25, -0.2) is 4.98 Å². The maximum absolute atomic E-state index is 13.7. The number of rotatable bonds is 17. The second-order valence-electron chi connectivity index (χ2n) is 12.1. The number of fused-ring (bicyclic) bond motifs is 1. The summed E-state index contributed by atoms with van der Waals surface area (Å²) >= 11 is 0. The zero-order valence-corrected chi connectivity index (χ0v) is 29.3. The maximum atomic E-state index is 13.7. The Bertz CT molecular complexity index is 1700. The van der Waals surface area contributed by atoms with Crippen LogP contribution in [0, 0.1) is 0 Å². The van der Waals surface area contributed by atoms with Gasteiger partial charge in [-0.1, -0.05) is 51.5 Å². The van der Waals surface area contributed by atoms with Crippen LogP contribution in [0.1, 0.15) is 64.1 Å². The summed E-state index contributed by atoms with van der Waals surface area (Å²) in [5.74, 6) is 1.05. The molecule has 0 saturated heterocycles. The van der Waals surface area contributed by atoms with Crippen molar-refractivity contribution in [2.45, 2.75) is 70.1 Å². The molecule has 5 rings (SSSR count). The van der Waals surface area contributed by atoms with Gasteiger partial charge in [0.15, 0.2) is 0 Å². The molecule has 1 atom stereocenters. The molecule has 3 aromatic carbocycles. The van der Waals surface area contributed by atoms with Gasteiger partial charge in [0.1, 0.15) is 12.4 Å². The first-order valence-electron chi connectivity index (χ1n) is 17.2. The lowest BCUT2D eigenvalue weighted by Crippen LogP contribution is -2.26. The van der Waals surface area contributed by atoms with Crippen LogP contribution in [0.5, 0.6) is 5.75 Å². The summed E-state index contributed by atoms with van der Waals surface area (Å²) in [6.45, 7) is 10.8. The number of benzene rings is 3. The van der Waals surface area contributed by atoms with Crippen molar-refractivity contribution in [3.05, 3.63) is 96.1 Å². The molecule has 1 amide bonds. The van der Waals surface area contributed by atoms with Crippen molar-refractivity contribution in [3.8, 4) is 16.9 Å². The number of anilines is 2. The highest BCUT2D eigenvalue weighted by Crippen LogP contribution is 2.33. The average molecular weight is 669 g/mol. The number of carbonyl (C=O) groups excluding carboxylic acids is 1. The number of aryl methyl sites for hydroxylation is 1. The third-order valence-corrected chi connectivity index (χ3v) is 9.69. The number of nitrogens with one attached hydrogen (secondary N) is 1. The summed E-state index contributed by atoms with van der Waals surface area (Å²) in [6, 6.07) is 22.0. The molecule has 0 spiro atoms. The van der Waals surface area contributed by atoms with Gasteiger partial charge in [0.25, 0.3) is 5.91 Å². The molecule has 0 radical (unpaired) electrons. The van der Waals surface area contributed by atoms with Crippen LogP contribution >= 0.6 is 0 Å². The Morgan fingerprint density at radius 2 is 1.73 bits per heavy atom. The van der Waals surface area contributed by atoms with Gasteiger partial charge in [-0.15, -0.1) is 0 Å². The Hall–Kier alpha value is -4.21. The van der Waals surface area contributed by atoms with Crippen molar-refractivity contribution < 1.29 is 18.5 Å². The molecule has 1 N–H and O–H groups in total. The predicted octanol–water partition coefficient (Wildman–Crippen LogP) is 8.11. The van der Waals surface area contributed by atoms with Crippen LogP contribution in [-0.4, -0.2) is 52.6 Å². The third kappa shape index (κ3) is 9.45. The van der Waals surface area contributed by atoms with Crippen molar-refractivity contribution in [1.82, 2.24) is 9.55 Å². The van der Waals surface area contributed by atoms with E-state index in [1.54, 1.807) is 12.5 Å². The van der Waals surface area contributed by atoms with E-state index in [2.05, 4.69) is 66.3 Å². The summed E-state index contributed by atoms with van der Waals surface area (Å²) in [7, 11) is -1.27. The van der Waals surface area contributed by atoms with E-state index in [1.807, 2.05) is 47.0 Å². The monoisotopic (exact) mass is 668 g/mol. The van der Waals surface area contributed by atoms with Gasteiger partial charge < -0.3 is 24.3 Å². The molecule has 254 valence electrons. The molecular formula is C39H48N4O4S. The fraction of sp³-hybridized carbons (Fsp3) is 0.385. The van der Waals surface area contributed by atoms with E-state index in [0.29, 0.717) is 41.5 Å². The molecule has 1 aliphatic rings. The third-order valence-electron chi connectivity index (χ3n) is 8.36. The summed E-state index contributed by atoms with van der Waals surface area (Å²) in [5, 5.41) is 3.09. The fourth-order valence-corrected chi connectivity index (χ4v) is 6.98. The number of ether oxygens (including phenoxy) is 2. The smallest absolute Gasteiger partial charge is 0.251 e. The van der Waals surface area contributed by atoms with Gasteiger partial charge in [-0.05, 0) is 90.9 Å². The zero-order chi connectivity index (χ0) is 33.7. The molecule has 0 aliphatic carbocycles. The average Bonchev–Trinajstić information content (AvgIpc) is 3.45. The molecular weight excluding hydrogens is 621 g/mol. The molecule has 9 heteroatoms. The Kier molecular flexibility index (Phi) is 13.0. The number of amides is 1. The Balaban J connectivity index is 1.29. The molecule has 0 saturated carbocycles. The highest BCUT2D eigenvalue weighted by Gasteiger charge is 2.20. The summed E-state index contributed by atoms with van der Waals surface area (Å²) < 4.78 is 26.8. The molecule has 2 heterocycles. The number of unbranched alkanes of at least 4 members (excludes halogenated alkanes) is 1. The Morgan fingerprint density at radius 3 is 2.52 bits per heavy atom. The van der Waals surface area contributed by atoms with E-state index in [-0.39, 0.29) is 5.91 Å². The fourth-order valence-electron chi connectivity index (χ4n) is 5.82. The molecule has 8 nitrogen and oxygen atoms in total. The van der Waals surface area contributed by atoms with Crippen molar-refractivity contribution in [3.63, 3.8) is 0 Å². The molecule has 1 aromatic heterocycles. The second-order valence-corrected chi connectivity index (χ2v) is 13.5. The highest BCUT2D eigenvalue weighted by atomic mass is 32.2. The maximum Gasteiger partial charge on any atom is 0.251 e. The molecule has 4 aromatic rings. The van der Waals surface area contributed by atoms with Crippen LogP contribution < -0.4 is 15.0 Å². The molecule has 0 bridgehead atoms. The first-order valence-corrected chi connectivity index (χ1v) is 18.5. The van der Waals surface area contributed by atoms with Gasteiger partial charge in [0.05, 0.1) is 35.2 Å². The lowest BCUT2D eigenvalue weighted by atomic mass is 10.00. The van der Waals surface area contributed by atoms with E-state index in [4.69, 9.17) is 9.47 Å². The lowest BCUT2D eigenvalue weighted by molar-refractivity contribution is -0.112. The summed E-state index contributed by atoms with van der Waals surface area (Å²) in [5.41, 5.74) is 6.60. The number of hydrogen-bond acceptors (Lipinski definition) is 6. The molecule has 1 unspecified atom stereocenters. The Labute approximate surface area is 287 Å². The predicted molar refractivity (Wildman–Crippen MR) is 196 cm³/mol. The summed E-state index contributed by atoms with van der Waals surface area (Å²) in [4.78, 5) is 21.0. The summed E-state index contributed by atoms with van der Waals surface area (Å²) in [6.07, 6.45) is 10.4. The minimum absolute atomic E-state index is 0.145. The quantitative estimate of drug-likeness (QED) is 0.115. The number of imidazole rings is 1. The second kappa shape index (κ2) is 17.8. The SMILES string of the molecule is CCCCOCCOc1ccc(-c2ccc3c(c2)C=C(C(=O)Nc2cccc(S(=O)Cc4cncn4CCC)c2)CCN3CCC)cc1. The largest absolute Gasteiger partial charge is 0.491 e. The van der Waals surface area contributed by atoms with Crippen LogP contribution in [-0.2, 0) is 32.6 Å². The van der Waals surface area contributed by atoms with E-state index in [1.165, 1.54) is 0 Å². The van der Waals surface area contributed by atoms with Crippen LogP contribution in [0.3, 0.4) is 0 Å². The minimum atomic E-state index is -1.27. The van der Waals surface area contributed by atoms with Crippen molar-refractivity contribution in [2.75, 3.05) is 43.1 Å². The highest BCUT2D eigenvalue weighted by molar-refractivity contribution is 7.84. The van der Waals surface area contributed by atoms with Crippen molar-refractivity contribution in [2.24, 2.45) is 0 Å². The molecule has 0 fully saturated rings. The standard InChI is InChI=1S/C39H48N4O4S/c1-4-7-21-46-22-23-47-36-14-11-30(12-15-36)31-13-16-38-33(24-31)25-32(17-20-42(38)18-5-2)39(44)41-34-9-8-10-37(26-34)48(45)28-35-27-40-29-43(35)19-6-3/h8-16,24-27,29H,4-7,17-23,28H2,1-3H3,(H,41,44). The Morgan fingerprint density at radius 1 is 0.917 bits per heavy atom. The van der Waals surface area contributed by atoms with E-state index >= 15 is 0 Å². The number of carbonyl (C=O) groups is 1. The van der Waals surface area contributed by atoms with E-state index in [9.17, 15) is 9.00 Å². The number of nitrogens with zero attached hydrogens (tertiary/aromatic N) is 3. The minimum Gasteiger partial charge on any atom is -0.491 e. The number of hydrogen-bond donors (Lipinski definition) is 1. The van der Waals surface area contributed by atoms with Gasteiger partial charge in [-0.2, -0.15) is 0 Å². The van der Waals surface area contributed by atoms with Gasteiger partial charge >= 0.3 is 0 Å². The van der Waals surface area contributed by atoms with Gasteiger partial charge in [-0.3, -0.25) is 9.00 Å². The first kappa shape index (κ1) is 35.1. The van der Waals surface area contributed by atoms with Crippen molar-refractivity contribution >= 4 is 34.2 Å². The van der Waals surface area contributed by atoms with Crippen molar-refractivity contribution in [1.29, 1.82) is 0 Å². The first-order chi connectivity index (χ1) is 23.5. The van der Waals surface area contributed by atoms with Crippen LogP contribution in [0.25, 0.3) is 17.2 Å². The number of aromatic nitrogens is 2. The van der Waals surface area contributed by atoms with E-state index < -0.39 is 10.8 Å². The topological polar surface area (TPSA) is 85.7 Å². The van der Waals surface area contributed by atoms with Crippen LogP contribution in [0.15, 0.2) is 89.7 Å². The molecule has 48 heavy (non-hydrogen) atoms. The van der Waals surface area contributed by atoms with Crippen LogP contribution in [0.2, 0.25) is 0 Å². The lowest BCUT2D eigenvalue weighted by Gasteiger charge is -2.25. The van der Waals surface area contributed by atoms with Gasteiger partial charge in [0, 0.05) is 54.3 Å². The van der Waals surface area contributed by atoms with Gasteiger partial charge in [0.2, 0.25) is 0 Å². The zero-order valence-electron chi connectivity index (χ0n) is 28.5. The molecule has 1 aliphatic heterocycles.